The standard InChI is InChI=1S/C30H40FN5O5.C19H27N5O3/c1-5-40-26-15-20(16-27(28(26)31)41-6-2)19-35-9-7-21(8-10-35)32-30-33-23-18-25(38-4)24(37-3)17-22(23)29(34-30)36-11-13-39-14-12-36;1-25-16-11-14-15(12-17(16)26-2)22-19(21-13-3-5-20-6-4-13)23-18(14)24-7-9-27-10-8-24/h15-18,21H,5-14,19H2,1-4H3,(H,32,33,34);11-13,20H,3-10H2,1-2H3,(H,21,22,23). The van der Waals surface area contributed by atoms with Gasteiger partial charge in [0.1, 0.15) is 11.6 Å². The van der Waals surface area contributed by atoms with E-state index in [1.807, 2.05) is 38.1 Å². The van der Waals surface area contributed by atoms with Gasteiger partial charge >= 0.3 is 0 Å². The third-order valence-corrected chi connectivity index (χ3v) is 12.6. The number of aromatic nitrogens is 4. The number of benzene rings is 3. The van der Waals surface area contributed by atoms with E-state index in [4.69, 9.17) is 57.8 Å². The fourth-order valence-corrected chi connectivity index (χ4v) is 9.10. The van der Waals surface area contributed by atoms with Gasteiger partial charge in [-0.1, -0.05) is 0 Å². The van der Waals surface area contributed by atoms with Crippen LogP contribution in [0.2, 0.25) is 0 Å². The molecule has 0 spiro atoms. The van der Waals surface area contributed by atoms with E-state index in [1.165, 1.54) is 0 Å². The Bertz CT molecular complexity index is 2420. The molecule has 19 heteroatoms. The summed E-state index contributed by atoms with van der Waals surface area (Å²) in [5.74, 6) is 5.73. The van der Waals surface area contributed by atoms with E-state index in [-0.39, 0.29) is 17.5 Å². The highest BCUT2D eigenvalue weighted by Crippen LogP contribution is 2.38. The van der Waals surface area contributed by atoms with Gasteiger partial charge in [0.25, 0.3) is 0 Å². The third kappa shape index (κ3) is 11.7. The van der Waals surface area contributed by atoms with E-state index in [2.05, 4.69) is 30.7 Å². The first-order valence-corrected chi connectivity index (χ1v) is 23.9. The quantitative estimate of drug-likeness (QED) is 0.103. The molecule has 68 heavy (non-hydrogen) atoms. The number of anilines is 4. The van der Waals surface area contributed by atoms with Gasteiger partial charge in [0, 0.05) is 80.8 Å². The van der Waals surface area contributed by atoms with Crippen LogP contribution < -0.4 is 54.2 Å². The second-order valence-electron chi connectivity index (χ2n) is 17.0. The van der Waals surface area contributed by atoms with E-state index in [0.717, 1.165) is 117 Å². The molecule has 2 aromatic heterocycles. The molecule has 4 aliphatic heterocycles. The van der Waals surface area contributed by atoms with Crippen molar-refractivity contribution < 1.29 is 42.3 Å². The summed E-state index contributed by atoms with van der Waals surface area (Å²) in [4.78, 5) is 26.4. The Balaban J connectivity index is 0.000000200. The molecule has 3 aromatic carbocycles. The Labute approximate surface area is 398 Å². The summed E-state index contributed by atoms with van der Waals surface area (Å²) in [6, 6.07) is 11.9. The number of rotatable bonds is 16. The smallest absolute Gasteiger partial charge is 0.225 e. The van der Waals surface area contributed by atoms with Gasteiger partial charge in [0.2, 0.25) is 17.7 Å². The fourth-order valence-electron chi connectivity index (χ4n) is 9.10. The van der Waals surface area contributed by atoms with Crippen LogP contribution in [0.5, 0.6) is 34.5 Å². The monoisotopic (exact) mass is 943 g/mol. The number of morpholine rings is 2. The predicted molar refractivity (Wildman–Crippen MR) is 262 cm³/mol. The zero-order valence-corrected chi connectivity index (χ0v) is 40.3. The molecule has 0 bridgehead atoms. The Morgan fingerprint density at radius 1 is 0.574 bits per heavy atom. The van der Waals surface area contributed by atoms with Gasteiger partial charge < -0.3 is 63.6 Å². The first-order chi connectivity index (χ1) is 33.3. The molecule has 0 aliphatic carbocycles. The van der Waals surface area contributed by atoms with Crippen LogP contribution in [0.1, 0.15) is 45.1 Å². The molecule has 9 rings (SSSR count). The normalized spacial score (nSPS) is 17.3. The molecule has 4 aliphatic rings. The van der Waals surface area contributed by atoms with Crippen LogP contribution in [0.25, 0.3) is 21.8 Å². The van der Waals surface area contributed by atoms with Crippen molar-refractivity contribution in [2.45, 2.75) is 58.2 Å². The highest BCUT2D eigenvalue weighted by atomic mass is 19.1. The number of hydrogen-bond acceptors (Lipinski definition) is 18. The van der Waals surface area contributed by atoms with Gasteiger partial charge in [0.15, 0.2) is 34.5 Å². The summed E-state index contributed by atoms with van der Waals surface area (Å²) >= 11 is 0. The maximum Gasteiger partial charge on any atom is 0.225 e. The largest absolute Gasteiger partial charge is 0.493 e. The van der Waals surface area contributed by atoms with Gasteiger partial charge in [-0.2, -0.15) is 14.4 Å². The second kappa shape index (κ2) is 23.4. The van der Waals surface area contributed by atoms with Gasteiger partial charge in [-0.25, -0.2) is 9.97 Å². The lowest BCUT2D eigenvalue weighted by Gasteiger charge is -2.33. The Kier molecular flexibility index (Phi) is 16.7. The molecule has 0 amide bonds. The lowest BCUT2D eigenvalue weighted by Crippen LogP contribution is -2.39. The molecule has 0 saturated carbocycles. The van der Waals surface area contributed by atoms with E-state index in [9.17, 15) is 4.39 Å². The summed E-state index contributed by atoms with van der Waals surface area (Å²) in [5, 5.41) is 12.4. The number of nitrogens with one attached hydrogen (secondary N) is 3. The predicted octanol–water partition coefficient (Wildman–Crippen LogP) is 6.14. The summed E-state index contributed by atoms with van der Waals surface area (Å²) < 4.78 is 58.9. The van der Waals surface area contributed by atoms with Crippen molar-refractivity contribution in [3.8, 4) is 34.5 Å². The van der Waals surface area contributed by atoms with Crippen molar-refractivity contribution >= 4 is 45.3 Å². The summed E-state index contributed by atoms with van der Waals surface area (Å²) in [6.45, 7) is 14.9. The maximum absolute atomic E-state index is 14.7. The molecular weight excluding hydrogens is 876 g/mol. The van der Waals surface area contributed by atoms with Crippen LogP contribution in [0.4, 0.5) is 27.9 Å². The number of hydrogen-bond donors (Lipinski definition) is 3. The fraction of sp³-hybridized carbons (Fsp3) is 0.551. The molecule has 0 radical (unpaired) electrons. The Hall–Kier alpha value is -5.89. The van der Waals surface area contributed by atoms with Gasteiger partial charge in [-0.15, -0.1) is 0 Å². The highest BCUT2D eigenvalue weighted by Gasteiger charge is 2.26. The lowest BCUT2D eigenvalue weighted by atomic mass is 10.0. The van der Waals surface area contributed by atoms with Crippen molar-refractivity contribution in [2.24, 2.45) is 0 Å². The van der Waals surface area contributed by atoms with Crippen LogP contribution in [0, 0.1) is 5.82 Å². The minimum atomic E-state index is -0.441. The van der Waals surface area contributed by atoms with Crippen molar-refractivity contribution in [3.63, 3.8) is 0 Å². The summed E-state index contributed by atoms with van der Waals surface area (Å²) in [6.07, 6.45) is 4.00. The van der Waals surface area contributed by atoms with E-state index in [1.54, 1.807) is 40.6 Å². The van der Waals surface area contributed by atoms with Crippen molar-refractivity contribution in [2.75, 3.05) is 141 Å². The summed E-state index contributed by atoms with van der Waals surface area (Å²) in [7, 11) is 6.54. The van der Waals surface area contributed by atoms with Crippen molar-refractivity contribution in [1.82, 2.24) is 30.2 Å². The number of ether oxygens (including phenoxy) is 8. The number of fused-ring (bicyclic) bond motifs is 2. The molecule has 18 nitrogen and oxygen atoms in total. The molecule has 4 saturated heterocycles. The van der Waals surface area contributed by atoms with Crippen LogP contribution in [0.3, 0.4) is 0 Å². The average Bonchev–Trinajstić information content (AvgIpc) is 3.38. The van der Waals surface area contributed by atoms with Crippen molar-refractivity contribution in [3.05, 3.63) is 47.8 Å². The minimum absolute atomic E-state index is 0.229. The van der Waals surface area contributed by atoms with E-state index in [0.29, 0.717) is 87.1 Å². The number of piperidine rings is 2. The highest BCUT2D eigenvalue weighted by molar-refractivity contribution is 5.94. The van der Waals surface area contributed by atoms with Gasteiger partial charge in [-0.05, 0) is 82.4 Å². The van der Waals surface area contributed by atoms with Crippen LogP contribution in [0.15, 0.2) is 36.4 Å². The second-order valence-corrected chi connectivity index (χ2v) is 17.0. The lowest BCUT2D eigenvalue weighted by molar-refractivity contribution is 0.122. The maximum atomic E-state index is 14.7. The minimum Gasteiger partial charge on any atom is -0.493 e. The van der Waals surface area contributed by atoms with Crippen LogP contribution >= 0.6 is 0 Å². The van der Waals surface area contributed by atoms with Crippen LogP contribution in [-0.4, -0.2) is 157 Å². The third-order valence-electron chi connectivity index (χ3n) is 12.6. The van der Waals surface area contributed by atoms with E-state index >= 15 is 0 Å². The number of nitrogens with zero attached hydrogens (tertiary/aromatic N) is 7. The Morgan fingerprint density at radius 2 is 1.00 bits per heavy atom. The first kappa shape index (κ1) is 48.6. The summed E-state index contributed by atoms with van der Waals surface area (Å²) in [5.41, 5.74) is 2.62. The topological polar surface area (TPSA) is 171 Å². The molecule has 368 valence electrons. The molecule has 3 N–H and O–H groups in total. The molecule has 0 atom stereocenters. The number of methoxy groups -OCH3 is 4. The molecule has 4 fully saturated rings. The molecule has 0 unspecified atom stereocenters. The molecule has 5 aromatic rings. The Morgan fingerprint density at radius 3 is 1.43 bits per heavy atom. The van der Waals surface area contributed by atoms with Crippen molar-refractivity contribution in [1.29, 1.82) is 0 Å². The van der Waals surface area contributed by atoms with E-state index < -0.39 is 5.82 Å². The molecule has 6 heterocycles. The first-order valence-electron chi connectivity index (χ1n) is 23.9. The zero-order valence-electron chi connectivity index (χ0n) is 40.3. The van der Waals surface area contributed by atoms with Crippen LogP contribution in [-0.2, 0) is 16.0 Å². The average molecular weight is 943 g/mol. The SMILES string of the molecule is CCOc1cc(CN2CCC(Nc3nc(N4CCOCC4)c4cc(OC)c(OC)cc4n3)CC2)cc(OCC)c1F.COc1cc2nc(NC3CCNCC3)nc(N3CCOCC3)c2cc1OC. The molecular formula is C49H67FN10O8. The number of likely N-dealkylation sites (tertiary alicyclic amines) is 1. The number of halogens is 1. The van der Waals surface area contributed by atoms with Gasteiger partial charge in [0.05, 0.1) is 79.1 Å². The van der Waals surface area contributed by atoms with Gasteiger partial charge in [-0.3, -0.25) is 4.90 Å². The zero-order chi connectivity index (χ0) is 47.4.